The molecule has 0 spiro atoms. The van der Waals surface area contributed by atoms with Crippen molar-refractivity contribution >= 4 is 19.8 Å². The molecular formula is C39H74NO8P. The molecule has 0 bridgehead atoms. The van der Waals surface area contributed by atoms with Crippen molar-refractivity contribution in [1.29, 1.82) is 0 Å². The van der Waals surface area contributed by atoms with Crippen molar-refractivity contribution in [3.8, 4) is 0 Å². The fourth-order valence-corrected chi connectivity index (χ4v) is 7.90. The summed E-state index contributed by atoms with van der Waals surface area (Å²) in [6.07, 6.45) is 29.3. The van der Waals surface area contributed by atoms with Gasteiger partial charge in [0.15, 0.2) is 6.10 Å². The fourth-order valence-electron chi connectivity index (χ4n) is 7.12. The van der Waals surface area contributed by atoms with Gasteiger partial charge < -0.3 is 29.1 Å². The van der Waals surface area contributed by atoms with Gasteiger partial charge in [0, 0.05) is 12.8 Å². The number of esters is 2. The Morgan fingerprint density at radius 3 is 1.53 bits per heavy atom. The molecule has 9 nitrogen and oxygen atoms in total. The smallest absolute Gasteiger partial charge is 0.306 e. The number of hydrogen-bond donors (Lipinski definition) is 1. The van der Waals surface area contributed by atoms with Crippen LogP contribution in [0.4, 0.5) is 0 Å². The molecule has 0 aromatic heterocycles. The van der Waals surface area contributed by atoms with Crippen molar-refractivity contribution in [2.75, 3.05) is 26.4 Å². The molecule has 0 aromatic rings. The topological polar surface area (TPSA) is 139 Å². The van der Waals surface area contributed by atoms with Crippen LogP contribution in [-0.4, -0.2) is 44.4 Å². The van der Waals surface area contributed by atoms with E-state index < -0.39 is 26.5 Å². The molecule has 10 heteroatoms. The minimum atomic E-state index is -4.57. The quantitative estimate of drug-likeness (QED) is 0.0390. The largest absolute Gasteiger partial charge is 0.756 e. The van der Waals surface area contributed by atoms with Crippen LogP contribution in [0, 0.1) is 23.7 Å². The van der Waals surface area contributed by atoms with Crippen molar-refractivity contribution in [2.45, 2.75) is 187 Å². The predicted molar refractivity (Wildman–Crippen MR) is 193 cm³/mol. The van der Waals surface area contributed by atoms with Crippen molar-refractivity contribution in [3.63, 3.8) is 0 Å². The fraction of sp³-hybridized carbons (Fsp3) is 0.949. The van der Waals surface area contributed by atoms with E-state index in [4.69, 9.17) is 18.5 Å². The number of unbranched alkanes of at least 4 members (excludes halogenated alkanes) is 14. The van der Waals surface area contributed by atoms with Gasteiger partial charge in [-0.3, -0.25) is 14.2 Å². The first-order valence-corrected chi connectivity index (χ1v) is 22.0. The molecule has 2 rings (SSSR count). The summed E-state index contributed by atoms with van der Waals surface area (Å²) >= 11 is 0. The van der Waals surface area contributed by atoms with Gasteiger partial charge in [-0.25, -0.2) is 0 Å². The summed E-state index contributed by atoms with van der Waals surface area (Å²) in [6, 6.07) is 0. The average Bonchev–Trinajstić information content (AvgIpc) is 4.01. The van der Waals surface area contributed by atoms with Crippen LogP contribution in [0.15, 0.2) is 0 Å². The van der Waals surface area contributed by atoms with Gasteiger partial charge in [-0.2, -0.15) is 0 Å². The van der Waals surface area contributed by atoms with Crippen LogP contribution in [0.3, 0.4) is 0 Å². The molecule has 288 valence electrons. The van der Waals surface area contributed by atoms with Gasteiger partial charge in [0.05, 0.1) is 13.2 Å². The van der Waals surface area contributed by atoms with E-state index in [-0.39, 0.29) is 38.6 Å². The van der Waals surface area contributed by atoms with Gasteiger partial charge in [0.2, 0.25) is 0 Å². The minimum absolute atomic E-state index is 0.0965. The highest BCUT2D eigenvalue weighted by atomic mass is 31.2. The summed E-state index contributed by atoms with van der Waals surface area (Å²) in [6.45, 7) is 3.99. The molecule has 3 N–H and O–H groups in total. The van der Waals surface area contributed by atoms with Gasteiger partial charge >= 0.3 is 11.9 Å². The normalized spacial score (nSPS) is 21.6. The second-order valence-corrected chi connectivity index (χ2v) is 16.5. The Hall–Kier alpha value is -0.990. The molecule has 0 amide bonds. The number of ether oxygens (including phenoxy) is 2. The van der Waals surface area contributed by atoms with Crippen LogP contribution in [0.25, 0.3) is 0 Å². The first-order chi connectivity index (χ1) is 23.8. The Morgan fingerprint density at radius 2 is 1.06 bits per heavy atom. The van der Waals surface area contributed by atoms with E-state index >= 15 is 0 Å². The molecule has 0 aromatic carbocycles. The van der Waals surface area contributed by atoms with Crippen molar-refractivity contribution in [3.05, 3.63) is 0 Å². The van der Waals surface area contributed by atoms with E-state index in [0.717, 1.165) is 55.8 Å². The zero-order valence-electron chi connectivity index (χ0n) is 31.5. The lowest BCUT2D eigenvalue weighted by atomic mass is 10.0. The Kier molecular flexibility index (Phi) is 24.9. The summed E-state index contributed by atoms with van der Waals surface area (Å²) < 4.78 is 32.6. The van der Waals surface area contributed by atoms with E-state index in [1.807, 2.05) is 0 Å². The Bertz CT molecular complexity index is 904. The number of carbonyl (C=O) groups is 2. The summed E-state index contributed by atoms with van der Waals surface area (Å²) in [7, 11) is -4.57. The lowest BCUT2D eigenvalue weighted by Gasteiger charge is -2.25. The Balaban J connectivity index is 1.54. The van der Waals surface area contributed by atoms with Crippen LogP contribution in [0.5, 0.6) is 0 Å². The highest BCUT2D eigenvalue weighted by Crippen LogP contribution is 2.46. The Morgan fingerprint density at radius 1 is 0.633 bits per heavy atom. The molecule has 5 unspecified atom stereocenters. The number of carbonyl (C=O) groups excluding carboxylic acids is 2. The third-order valence-corrected chi connectivity index (χ3v) is 11.4. The van der Waals surface area contributed by atoms with E-state index in [0.29, 0.717) is 6.42 Å². The summed E-state index contributed by atoms with van der Waals surface area (Å²) in [4.78, 5) is 37.0. The molecule has 6 atom stereocenters. The lowest BCUT2D eigenvalue weighted by molar-refractivity contribution is -0.373. The first-order valence-electron chi connectivity index (χ1n) is 20.5. The molecule has 2 aliphatic carbocycles. The lowest BCUT2D eigenvalue weighted by Crippen LogP contribution is -2.52. The maximum absolute atomic E-state index is 12.6. The summed E-state index contributed by atoms with van der Waals surface area (Å²) in [5.74, 6) is 3.02. The third kappa shape index (κ3) is 24.0. The SMILES string of the molecule is CCCCCCC1CC1CCCCCCCC(=O)OC[C@H](COP(=O)([O-])OCC[NH3+])OC(=O)CCCCCCCC1CC1CCCCCC. The highest BCUT2D eigenvalue weighted by molar-refractivity contribution is 7.45. The van der Waals surface area contributed by atoms with Crippen molar-refractivity contribution in [2.24, 2.45) is 23.7 Å². The number of phosphoric ester groups is 1. The number of phosphoric acid groups is 1. The molecular weight excluding hydrogens is 641 g/mol. The number of hydrogen-bond acceptors (Lipinski definition) is 8. The minimum Gasteiger partial charge on any atom is -0.756 e. The zero-order valence-corrected chi connectivity index (χ0v) is 32.4. The van der Waals surface area contributed by atoms with Crippen LogP contribution in [0.2, 0.25) is 0 Å². The van der Waals surface area contributed by atoms with Gasteiger partial charge in [0.1, 0.15) is 13.2 Å². The molecule has 2 aliphatic rings. The number of rotatable bonds is 35. The van der Waals surface area contributed by atoms with E-state index in [2.05, 4.69) is 19.6 Å². The van der Waals surface area contributed by atoms with Crippen LogP contribution < -0.4 is 10.6 Å². The molecule has 49 heavy (non-hydrogen) atoms. The molecule has 0 aliphatic heterocycles. The first kappa shape index (κ1) is 44.2. The van der Waals surface area contributed by atoms with E-state index in [1.54, 1.807) is 0 Å². The highest BCUT2D eigenvalue weighted by Gasteiger charge is 2.35. The average molecular weight is 716 g/mol. The summed E-state index contributed by atoms with van der Waals surface area (Å²) in [5, 5.41) is 0. The van der Waals surface area contributed by atoms with Gasteiger partial charge in [-0.1, -0.05) is 142 Å². The van der Waals surface area contributed by atoms with Gasteiger partial charge in [-0.15, -0.1) is 0 Å². The van der Waals surface area contributed by atoms with Crippen molar-refractivity contribution < 1.29 is 43.3 Å². The van der Waals surface area contributed by atoms with E-state index in [1.165, 1.54) is 116 Å². The second kappa shape index (κ2) is 27.6. The van der Waals surface area contributed by atoms with Crippen LogP contribution in [-0.2, 0) is 32.7 Å². The van der Waals surface area contributed by atoms with Crippen LogP contribution in [0.1, 0.15) is 181 Å². The maximum atomic E-state index is 12.6. The third-order valence-electron chi connectivity index (χ3n) is 10.4. The van der Waals surface area contributed by atoms with Gasteiger partial charge in [-0.05, 0) is 49.4 Å². The maximum Gasteiger partial charge on any atom is 0.306 e. The monoisotopic (exact) mass is 716 g/mol. The molecule has 0 saturated heterocycles. The zero-order chi connectivity index (χ0) is 35.6. The predicted octanol–water partition coefficient (Wildman–Crippen LogP) is 8.86. The molecule has 2 saturated carbocycles. The van der Waals surface area contributed by atoms with Gasteiger partial charge in [0.25, 0.3) is 7.82 Å². The van der Waals surface area contributed by atoms with E-state index in [9.17, 15) is 19.0 Å². The number of quaternary nitrogens is 1. The second-order valence-electron chi connectivity index (χ2n) is 15.0. The Labute approximate surface area is 299 Å². The molecule has 2 fully saturated rings. The standard InChI is InChI=1S/C39H74NO8P/c1-3-5-7-15-21-33-29-35(33)23-17-11-9-13-19-25-38(41)45-31-37(32-47-49(43,44)46-28-27-40)48-39(42)26-20-14-10-12-18-24-36-30-34(36)22-16-8-6-4-2/h33-37H,3-32,40H2,1-2H3,(H,43,44)/t33?,34?,35?,36?,37-/m1/s1. The van der Waals surface area contributed by atoms with Crippen molar-refractivity contribution in [1.82, 2.24) is 0 Å². The van der Waals surface area contributed by atoms with Crippen LogP contribution >= 0.6 is 7.82 Å². The molecule has 0 heterocycles. The summed E-state index contributed by atoms with van der Waals surface area (Å²) in [5.41, 5.74) is 3.56. The molecule has 0 radical (unpaired) electrons.